The Hall–Kier alpha value is -2.74. The van der Waals surface area contributed by atoms with Gasteiger partial charge in [0, 0.05) is 0 Å². The van der Waals surface area contributed by atoms with Gasteiger partial charge in [0.15, 0.2) is 11.9 Å². The standard InChI is InChI=1S/C16H15F3N2O3/c17-16(18,19)14(22)10-20-15(23)21-12-8-4-5-9-13(12)24-11-6-2-1-3-7-11/h1-9,14,22H,10H2,(H2,20,21,23). The van der Waals surface area contributed by atoms with Crippen LogP contribution >= 0.6 is 0 Å². The van der Waals surface area contributed by atoms with Crippen molar-refractivity contribution in [1.82, 2.24) is 5.32 Å². The average molecular weight is 340 g/mol. The summed E-state index contributed by atoms with van der Waals surface area (Å²) < 4.78 is 42.2. The van der Waals surface area contributed by atoms with Crippen LogP contribution in [0.4, 0.5) is 23.7 Å². The topological polar surface area (TPSA) is 70.6 Å². The number of urea groups is 1. The summed E-state index contributed by atoms with van der Waals surface area (Å²) in [6.07, 6.45) is -7.42. The van der Waals surface area contributed by atoms with Crippen LogP contribution in [0.15, 0.2) is 54.6 Å². The van der Waals surface area contributed by atoms with E-state index in [1.807, 2.05) is 11.4 Å². The van der Waals surface area contributed by atoms with Gasteiger partial charge in [0.1, 0.15) is 5.75 Å². The highest BCUT2D eigenvalue weighted by Gasteiger charge is 2.38. The van der Waals surface area contributed by atoms with E-state index in [0.29, 0.717) is 11.5 Å². The number of hydrogen-bond acceptors (Lipinski definition) is 3. The van der Waals surface area contributed by atoms with Crippen molar-refractivity contribution in [2.45, 2.75) is 12.3 Å². The molecule has 1 unspecified atom stereocenters. The average Bonchev–Trinajstić information content (AvgIpc) is 2.54. The molecule has 5 nitrogen and oxygen atoms in total. The van der Waals surface area contributed by atoms with Crippen molar-refractivity contribution in [3.05, 3.63) is 54.6 Å². The van der Waals surface area contributed by atoms with Gasteiger partial charge >= 0.3 is 12.2 Å². The second-order valence-corrected chi connectivity index (χ2v) is 4.80. The number of ether oxygens (including phenoxy) is 1. The molecule has 0 spiro atoms. The highest BCUT2D eigenvalue weighted by atomic mass is 19.4. The number of hydrogen-bond donors (Lipinski definition) is 3. The molecule has 0 aromatic heterocycles. The van der Waals surface area contributed by atoms with Gasteiger partial charge in [-0.2, -0.15) is 13.2 Å². The van der Waals surface area contributed by atoms with Crippen molar-refractivity contribution in [2.75, 3.05) is 11.9 Å². The van der Waals surface area contributed by atoms with E-state index >= 15 is 0 Å². The molecule has 2 aromatic carbocycles. The summed E-state index contributed by atoms with van der Waals surface area (Å²) in [4.78, 5) is 11.7. The third-order valence-corrected chi connectivity index (χ3v) is 2.94. The number of benzene rings is 2. The molecule has 128 valence electrons. The summed E-state index contributed by atoms with van der Waals surface area (Å²) in [5.41, 5.74) is 0.278. The number of rotatable bonds is 5. The molecular weight excluding hydrogens is 325 g/mol. The van der Waals surface area contributed by atoms with E-state index in [1.54, 1.807) is 42.5 Å². The normalized spacial score (nSPS) is 12.3. The van der Waals surface area contributed by atoms with Gasteiger partial charge in [0.2, 0.25) is 0 Å². The Labute approximate surface area is 136 Å². The van der Waals surface area contributed by atoms with E-state index in [-0.39, 0.29) is 5.69 Å². The molecule has 0 saturated heterocycles. The summed E-state index contributed by atoms with van der Waals surface area (Å²) >= 11 is 0. The van der Waals surface area contributed by atoms with Crippen LogP contribution in [0.25, 0.3) is 0 Å². The van der Waals surface area contributed by atoms with Crippen molar-refractivity contribution in [2.24, 2.45) is 0 Å². The smallest absolute Gasteiger partial charge is 0.416 e. The third-order valence-electron chi connectivity index (χ3n) is 2.94. The minimum absolute atomic E-state index is 0.278. The van der Waals surface area contributed by atoms with E-state index in [1.165, 1.54) is 6.07 Å². The predicted octanol–water partition coefficient (Wildman–Crippen LogP) is 3.52. The molecule has 8 heteroatoms. The first-order valence-corrected chi connectivity index (χ1v) is 6.98. The van der Waals surface area contributed by atoms with Crippen molar-refractivity contribution < 1.29 is 27.8 Å². The van der Waals surface area contributed by atoms with Crippen LogP contribution in [-0.2, 0) is 0 Å². The Morgan fingerprint density at radius 2 is 1.71 bits per heavy atom. The number of anilines is 1. The lowest BCUT2D eigenvalue weighted by molar-refractivity contribution is -0.201. The first kappa shape index (κ1) is 17.6. The number of halogens is 3. The third kappa shape index (κ3) is 5.17. The van der Waals surface area contributed by atoms with E-state index in [4.69, 9.17) is 9.84 Å². The zero-order chi connectivity index (χ0) is 17.6. The summed E-state index contributed by atoms with van der Waals surface area (Å²) in [7, 11) is 0. The van der Waals surface area contributed by atoms with E-state index in [0.717, 1.165) is 0 Å². The number of alkyl halides is 3. The van der Waals surface area contributed by atoms with Crippen molar-refractivity contribution >= 4 is 11.7 Å². The first-order valence-electron chi connectivity index (χ1n) is 6.98. The second kappa shape index (κ2) is 7.69. The number of carbonyl (C=O) groups is 1. The van der Waals surface area contributed by atoms with Crippen molar-refractivity contribution in [3.63, 3.8) is 0 Å². The maximum Gasteiger partial charge on any atom is 0.416 e. The van der Waals surface area contributed by atoms with Gasteiger partial charge in [-0.05, 0) is 24.3 Å². The minimum Gasteiger partial charge on any atom is -0.455 e. The summed E-state index contributed by atoms with van der Waals surface area (Å²) in [6.45, 7) is -0.947. The lowest BCUT2D eigenvalue weighted by Crippen LogP contribution is -2.42. The molecule has 0 aliphatic carbocycles. The van der Waals surface area contributed by atoms with E-state index < -0.39 is 24.9 Å². The van der Waals surface area contributed by atoms with Crippen LogP contribution in [-0.4, -0.2) is 30.0 Å². The fraction of sp³-hybridized carbons (Fsp3) is 0.188. The molecule has 1 atom stereocenters. The number of aliphatic hydroxyl groups excluding tert-OH is 1. The molecule has 2 aromatic rings. The maximum atomic E-state index is 12.2. The second-order valence-electron chi connectivity index (χ2n) is 4.80. The lowest BCUT2D eigenvalue weighted by Gasteiger charge is -2.16. The molecule has 24 heavy (non-hydrogen) atoms. The van der Waals surface area contributed by atoms with Crippen molar-refractivity contribution in [1.29, 1.82) is 0 Å². The zero-order valence-corrected chi connectivity index (χ0v) is 12.4. The summed E-state index contributed by atoms with van der Waals surface area (Å²) in [5.74, 6) is 0.870. The monoisotopic (exact) mass is 340 g/mol. The zero-order valence-electron chi connectivity index (χ0n) is 12.4. The van der Waals surface area contributed by atoms with Gasteiger partial charge in [0.25, 0.3) is 0 Å². The van der Waals surface area contributed by atoms with Crippen LogP contribution in [0.3, 0.4) is 0 Å². The van der Waals surface area contributed by atoms with E-state index in [2.05, 4.69) is 5.32 Å². The Balaban J connectivity index is 1.98. The Bertz CT molecular complexity index is 678. The maximum absolute atomic E-state index is 12.2. The van der Waals surface area contributed by atoms with Gasteiger partial charge < -0.3 is 20.5 Å². The van der Waals surface area contributed by atoms with Gasteiger partial charge in [0.05, 0.1) is 12.2 Å². The quantitative estimate of drug-likeness (QED) is 0.780. The molecule has 3 N–H and O–H groups in total. The molecule has 2 amide bonds. The summed E-state index contributed by atoms with van der Waals surface area (Å²) in [5, 5.41) is 13.2. The molecule has 0 aliphatic heterocycles. The fourth-order valence-corrected chi connectivity index (χ4v) is 1.75. The van der Waals surface area contributed by atoms with Crippen LogP contribution in [0.2, 0.25) is 0 Å². The fourth-order valence-electron chi connectivity index (χ4n) is 1.75. The van der Waals surface area contributed by atoms with Gasteiger partial charge in [-0.25, -0.2) is 4.79 Å². The molecule has 0 aliphatic rings. The van der Waals surface area contributed by atoms with Gasteiger partial charge in [-0.3, -0.25) is 0 Å². The number of carbonyl (C=O) groups excluding carboxylic acids is 1. The lowest BCUT2D eigenvalue weighted by atomic mass is 10.3. The number of para-hydroxylation sites is 3. The van der Waals surface area contributed by atoms with Gasteiger partial charge in [-0.15, -0.1) is 0 Å². The first-order chi connectivity index (χ1) is 11.4. The molecular formula is C16H15F3N2O3. The number of amides is 2. The van der Waals surface area contributed by atoms with Gasteiger partial charge in [-0.1, -0.05) is 30.3 Å². The van der Waals surface area contributed by atoms with Crippen LogP contribution in [0, 0.1) is 0 Å². The highest BCUT2D eigenvalue weighted by Crippen LogP contribution is 2.29. The molecule has 0 bridgehead atoms. The Kier molecular flexibility index (Phi) is 5.64. The molecule has 0 fully saturated rings. The minimum atomic E-state index is -4.79. The number of aliphatic hydroxyl groups is 1. The largest absolute Gasteiger partial charge is 0.455 e. The predicted molar refractivity (Wildman–Crippen MR) is 82.0 cm³/mol. The molecule has 0 radical (unpaired) electrons. The Morgan fingerprint density at radius 1 is 1.08 bits per heavy atom. The summed E-state index contributed by atoms with van der Waals surface area (Å²) in [6, 6.07) is 14.4. The van der Waals surface area contributed by atoms with Crippen molar-refractivity contribution in [3.8, 4) is 11.5 Å². The molecule has 0 saturated carbocycles. The number of nitrogens with one attached hydrogen (secondary N) is 2. The van der Waals surface area contributed by atoms with Crippen LogP contribution < -0.4 is 15.4 Å². The SMILES string of the molecule is O=C(NCC(O)C(F)(F)F)Nc1ccccc1Oc1ccccc1. The molecule has 2 rings (SSSR count). The van der Waals surface area contributed by atoms with Crippen LogP contribution in [0.5, 0.6) is 11.5 Å². The highest BCUT2D eigenvalue weighted by molar-refractivity contribution is 5.90. The Morgan fingerprint density at radius 3 is 2.38 bits per heavy atom. The molecule has 0 heterocycles. The van der Waals surface area contributed by atoms with Crippen LogP contribution in [0.1, 0.15) is 0 Å². The van der Waals surface area contributed by atoms with E-state index in [9.17, 15) is 18.0 Å².